The van der Waals surface area contributed by atoms with Crippen LogP contribution in [0, 0.1) is 6.92 Å². The van der Waals surface area contributed by atoms with Gasteiger partial charge in [0.25, 0.3) is 0 Å². The summed E-state index contributed by atoms with van der Waals surface area (Å²) in [4.78, 5) is 14.3. The van der Waals surface area contributed by atoms with E-state index in [1.807, 2.05) is 43.1 Å². The molecule has 0 aliphatic carbocycles. The Morgan fingerprint density at radius 1 is 1.17 bits per heavy atom. The topological polar surface area (TPSA) is 79.0 Å². The highest BCUT2D eigenvalue weighted by Gasteiger charge is 2.28. The van der Waals surface area contributed by atoms with Crippen molar-refractivity contribution in [3.63, 3.8) is 0 Å². The van der Waals surface area contributed by atoms with Crippen molar-refractivity contribution in [2.75, 3.05) is 45.2 Å². The molecule has 162 valence electrons. The number of morpholine rings is 1. The lowest BCUT2D eigenvalue weighted by atomic mass is 10.1. The van der Waals surface area contributed by atoms with Crippen molar-refractivity contribution in [1.29, 1.82) is 0 Å². The fraction of sp³-hybridized carbons (Fsp3) is 0.381. The number of benzene rings is 2. The molecule has 1 aliphatic rings. The molecule has 30 heavy (non-hydrogen) atoms. The molecule has 1 heterocycles. The number of anilines is 1. The van der Waals surface area contributed by atoms with E-state index in [2.05, 4.69) is 5.32 Å². The summed E-state index contributed by atoms with van der Waals surface area (Å²) >= 11 is 6.16. The zero-order valence-electron chi connectivity index (χ0n) is 17.1. The van der Waals surface area contributed by atoms with Crippen LogP contribution < -0.4 is 5.32 Å². The standard InChI is InChI=1S/C21H26ClN3O4S/c1-16-3-5-17(6-4-16)14-24(2)15-21(26)23-18-7-8-19(22)20(13-18)30(27,28)25-9-11-29-12-10-25/h3-8,13H,9-12,14-15H2,1-2H3,(H,23,26). The van der Waals surface area contributed by atoms with E-state index in [1.54, 1.807) is 6.07 Å². The summed E-state index contributed by atoms with van der Waals surface area (Å²) in [6.45, 7) is 4.08. The zero-order valence-corrected chi connectivity index (χ0v) is 18.7. The van der Waals surface area contributed by atoms with Crippen molar-refractivity contribution in [2.24, 2.45) is 0 Å². The average Bonchev–Trinajstić information content (AvgIpc) is 2.71. The number of nitrogens with one attached hydrogen (secondary N) is 1. The summed E-state index contributed by atoms with van der Waals surface area (Å²) in [5.41, 5.74) is 2.69. The van der Waals surface area contributed by atoms with Gasteiger partial charge in [-0.1, -0.05) is 41.4 Å². The second-order valence-corrected chi connectivity index (χ2v) is 9.68. The molecule has 2 aromatic rings. The van der Waals surface area contributed by atoms with Crippen LogP contribution in [0.5, 0.6) is 0 Å². The summed E-state index contributed by atoms with van der Waals surface area (Å²) < 4.78 is 32.4. The molecule has 0 atom stereocenters. The molecule has 0 radical (unpaired) electrons. The number of rotatable bonds is 7. The van der Waals surface area contributed by atoms with Gasteiger partial charge in [-0.25, -0.2) is 8.42 Å². The van der Waals surface area contributed by atoms with Crippen molar-refractivity contribution in [3.8, 4) is 0 Å². The average molecular weight is 452 g/mol. The fourth-order valence-electron chi connectivity index (χ4n) is 3.21. The monoisotopic (exact) mass is 451 g/mol. The van der Waals surface area contributed by atoms with Gasteiger partial charge in [-0.2, -0.15) is 4.31 Å². The van der Waals surface area contributed by atoms with E-state index in [-0.39, 0.29) is 35.5 Å². The first-order valence-electron chi connectivity index (χ1n) is 9.67. The fourth-order valence-corrected chi connectivity index (χ4v) is 5.12. The number of nitrogens with zero attached hydrogens (tertiary/aromatic N) is 2. The van der Waals surface area contributed by atoms with Gasteiger partial charge >= 0.3 is 0 Å². The lowest BCUT2D eigenvalue weighted by Gasteiger charge is -2.26. The highest BCUT2D eigenvalue weighted by molar-refractivity contribution is 7.89. The molecule has 0 saturated carbocycles. The first-order chi connectivity index (χ1) is 14.3. The number of halogens is 1. The molecule has 7 nitrogen and oxygen atoms in total. The summed E-state index contributed by atoms with van der Waals surface area (Å²) in [5.74, 6) is -0.235. The van der Waals surface area contributed by atoms with Gasteiger partial charge in [-0.15, -0.1) is 0 Å². The lowest BCUT2D eigenvalue weighted by molar-refractivity contribution is -0.117. The molecule has 0 unspecified atom stereocenters. The quantitative estimate of drug-likeness (QED) is 0.700. The molecule has 1 saturated heterocycles. The Bertz CT molecular complexity index is 990. The van der Waals surface area contributed by atoms with Crippen molar-refractivity contribution >= 4 is 33.2 Å². The van der Waals surface area contributed by atoms with Crippen molar-refractivity contribution < 1.29 is 17.9 Å². The predicted octanol–water partition coefficient (Wildman–Crippen LogP) is 2.74. The van der Waals surface area contributed by atoms with Gasteiger partial charge in [0.1, 0.15) is 4.90 Å². The SMILES string of the molecule is Cc1ccc(CN(C)CC(=O)Nc2ccc(Cl)c(S(=O)(=O)N3CCOCC3)c2)cc1. The van der Waals surface area contributed by atoms with Gasteiger partial charge in [0, 0.05) is 25.3 Å². The Labute approximate surface area is 182 Å². The number of hydrogen-bond acceptors (Lipinski definition) is 5. The number of likely N-dealkylation sites (N-methyl/N-ethyl adjacent to an activating group) is 1. The number of aryl methyl sites for hydroxylation is 1. The van der Waals surface area contributed by atoms with Gasteiger partial charge in [0.15, 0.2) is 0 Å². The molecule has 0 aromatic heterocycles. The molecule has 1 aliphatic heterocycles. The van der Waals surface area contributed by atoms with Gasteiger partial charge in [0.05, 0.1) is 24.8 Å². The lowest BCUT2D eigenvalue weighted by Crippen LogP contribution is -2.40. The van der Waals surface area contributed by atoms with Crippen molar-refractivity contribution in [3.05, 3.63) is 58.6 Å². The number of carbonyl (C=O) groups excluding carboxylic acids is 1. The molecule has 9 heteroatoms. The summed E-state index contributed by atoms with van der Waals surface area (Å²) in [6.07, 6.45) is 0. The van der Waals surface area contributed by atoms with Gasteiger partial charge in [-0.3, -0.25) is 9.69 Å². The summed E-state index contributed by atoms with van der Waals surface area (Å²) in [6, 6.07) is 12.6. The number of carbonyl (C=O) groups is 1. The number of hydrogen-bond donors (Lipinski definition) is 1. The third kappa shape index (κ3) is 5.80. The molecule has 3 rings (SSSR count). The minimum atomic E-state index is -3.76. The maximum Gasteiger partial charge on any atom is 0.244 e. The van der Waals surface area contributed by atoms with Crippen LogP contribution in [-0.4, -0.2) is 63.4 Å². The molecule has 0 spiro atoms. The molecule has 1 fully saturated rings. The van der Waals surface area contributed by atoms with Crippen LogP contribution in [0.15, 0.2) is 47.4 Å². The second-order valence-electron chi connectivity index (χ2n) is 7.37. The van der Waals surface area contributed by atoms with E-state index in [1.165, 1.54) is 22.0 Å². The Balaban J connectivity index is 1.65. The highest BCUT2D eigenvalue weighted by Crippen LogP contribution is 2.28. The van der Waals surface area contributed by atoms with E-state index in [9.17, 15) is 13.2 Å². The third-order valence-electron chi connectivity index (χ3n) is 4.79. The highest BCUT2D eigenvalue weighted by atomic mass is 35.5. The Hall–Kier alpha value is -1.97. The van der Waals surface area contributed by atoms with Crippen molar-refractivity contribution in [2.45, 2.75) is 18.4 Å². The molecule has 0 bridgehead atoms. The van der Waals surface area contributed by atoms with Crippen LogP contribution in [0.25, 0.3) is 0 Å². The number of sulfonamides is 1. The minimum absolute atomic E-state index is 0.0168. The van der Waals surface area contributed by atoms with Crippen LogP contribution in [0.2, 0.25) is 5.02 Å². The van der Waals surface area contributed by atoms with E-state index in [0.29, 0.717) is 25.4 Å². The minimum Gasteiger partial charge on any atom is -0.379 e. The predicted molar refractivity (Wildman–Crippen MR) is 117 cm³/mol. The van der Waals surface area contributed by atoms with Gasteiger partial charge in [0.2, 0.25) is 15.9 Å². The smallest absolute Gasteiger partial charge is 0.244 e. The van der Waals surface area contributed by atoms with E-state index in [0.717, 1.165) is 5.56 Å². The molecule has 1 N–H and O–H groups in total. The summed E-state index contributed by atoms with van der Waals surface area (Å²) in [7, 11) is -1.90. The normalized spacial score (nSPS) is 15.3. The second kappa shape index (κ2) is 9.89. The molecular formula is C21H26ClN3O4S. The zero-order chi connectivity index (χ0) is 21.7. The first-order valence-corrected chi connectivity index (χ1v) is 11.5. The Morgan fingerprint density at radius 3 is 2.50 bits per heavy atom. The van der Waals surface area contributed by atoms with E-state index in [4.69, 9.17) is 16.3 Å². The maximum absolute atomic E-state index is 12.9. The van der Waals surface area contributed by atoms with Gasteiger partial charge < -0.3 is 10.1 Å². The van der Waals surface area contributed by atoms with E-state index >= 15 is 0 Å². The number of amides is 1. The Kier molecular flexibility index (Phi) is 7.49. The van der Waals surface area contributed by atoms with Gasteiger partial charge in [-0.05, 0) is 37.7 Å². The first kappa shape index (κ1) is 22.7. The van der Waals surface area contributed by atoms with Crippen molar-refractivity contribution in [1.82, 2.24) is 9.21 Å². The largest absolute Gasteiger partial charge is 0.379 e. The molecular weight excluding hydrogens is 426 g/mol. The third-order valence-corrected chi connectivity index (χ3v) is 7.17. The number of ether oxygens (including phenoxy) is 1. The van der Waals surface area contributed by atoms with Crippen LogP contribution in [0.1, 0.15) is 11.1 Å². The van der Waals surface area contributed by atoms with E-state index < -0.39 is 10.0 Å². The van der Waals surface area contributed by atoms with Crippen LogP contribution >= 0.6 is 11.6 Å². The molecule has 2 aromatic carbocycles. The summed E-state index contributed by atoms with van der Waals surface area (Å²) in [5, 5.41) is 2.88. The molecule has 1 amide bonds. The Morgan fingerprint density at radius 2 is 1.83 bits per heavy atom. The van der Waals surface area contributed by atoms with Crippen LogP contribution in [0.4, 0.5) is 5.69 Å². The maximum atomic E-state index is 12.9. The van der Waals surface area contributed by atoms with Crippen LogP contribution in [-0.2, 0) is 26.1 Å². The van der Waals surface area contributed by atoms with Crippen LogP contribution in [0.3, 0.4) is 0 Å².